The van der Waals surface area contributed by atoms with Gasteiger partial charge in [-0.25, -0.2) is 9.97 Å². The topological polar surface area (TPSA) is 49.2 Å². The summed E-state index contributed by atoms with van der Waals surface area (Å²) >= 11 is 3.40. The van der Waals surface area contributed by atoms with Gasteiger partial charge in [-0.2, -0.15) is 0 Å². The summed E-state index contributed by atoms with van der Waals surface area (Å²) in [4.78, 5) is 10.9. The molecule has 1 heterocycles. The van der Waals surface area contributed by atoms with Crippen molar-refractivity contribution < 1.29 is 5.11 Å². The number of hydrogen-bond donors (Lipinski definition) is 1. The number of rotatable bonds is 4. The molecule has 0 atom stereocenters. The zero-order valence-corrected chi connectivity index (χ0v) is 11.7. The number of aryl methyl sites for hydroxylation is 1. The second-order valence-electron chi connectivity index (χ2n) is 4.45. The highest BCUT2D eigenvalue weighted by molar-refractivity contribution is 9.10. The van der Waals surface area contributed by atoms with E-state index in [4.69, 9.17) is 0 Å². The van der Waals surface area contributed by atoms with E-state index >= 15 is 0 Å². The van der Waals surface area contributed by atoms with E-state index in [1.807, 2.05) is 13.0 Å². The first kappa shape index (κ1) is 12.8. The van der Waals surface area contributed by atoms with Crippen LogP contribution in [0.1, 0.15) is 31.5 Å². The Balaban J connectivity index is 2.24. The number of aromatic nitrogens is 2. The molecule has 0 bridgehead atoms. The van der Waals surface area contributed by atoms with Gasteiger partial charge in [0.2, 0.25) is 0 Å². The van der Waals surface area contributed by atoms with Crippen LogP contribution in [0.4, 0.5) is 5.82 Å². The molecule has 0 unspecified atom stereocenters. The monoisotopic (exact) mass is 299 g/mol. The van der Waals surface area contributed by atoms with E-state index in [9.17, 15) is 5.11 Å². The van der Waals surface area contributed by atoms with E-state index < -0.39 is 0 Å². The average molecular weight is 300 g/mol. The van der Waals surface area contributed by atoms with Crippen LogP contribution in [0.3, 0.4) is 0 Å². The molecule has 1 aromatic rings. The van der Waals surface area contributed by atoms with Crippen molar-refractivity contribution >= 4 is 21.7 Å². The smallest absolute Gasteiger partial charge is 0.133 e. The molecular formula is C12H18BrN3O. The Morgan fingerprint density at radius 2 is 2.12 bits per heavy atom. The SMILES string of the molecule is Cc1nc(Br)cc(N(CCO)C2CCCC2)n1. The molecule has 0 amide bonds. The number of aliphatic hydroxyl groups excluding tert-OH is 1. The minimum atomic E-state index is 0.164. The molecule has 1 saturated carbocycles. The van der Waals surface area contributed by atoms with Crippen LogP contribution in [0.2, 0.25) is 0 Å². The fourth-order valence-electron chi connectivity index (χ4n) is 2.47. The summed E-state index contributed by atoms with van der Waals surface area (Å²) in [7, 11) is 0. The normalized spacial score (nSPS) is 16.4. The van der Waals surface area contributed by atoms with Crippen LogP contribution in [0.5, 0.6) is 0 Å². The van der Waals surface area contributed by atoms with Crippen LogP contribution in [0.25, 0.3) is 0 Å². The Bertz CT molecular complexity index is 360. The summed E-state index contributed by atoms with van der Waals surface area (Å²) in [6.07, 6.45) is 4.94. The van der Waals surface area contributed by atoms with Gasteiger partial charge in [0, 0.05) is 18.7 Å². The Hall–Kier alpha value is -0.680. The van der Waals surface area contributed by atoms with E-state index in [2.05, 4.69) is 30.8 Å². The van der Waals surface area contributed by atoms with E-state index in [1.54, 1.807) is 0 Å². The van der Waals surface area contributed by atoms with Crippen molar-refractivity contribution in [2.45, 2.75) is 38.6 Å². The molecule has 0 aliphatic heterocycles. The fourth-order valence-corrected chi connectivity index (χ4v) is 2.93. The van der Waals surface area contributed by atoms with Crippen LogP contribution < -0.4 is 4.90 Å². The summed E-state index contributed by atoms with van der Waals surface area (Å²) in [5.41, 5.74) is 0. The highest BCUT2D eigenvalue weighted by Gasteiger charge is 2.23. The third kappa shape index (κ3) is 3.16. The van der Waals surface area contributed by atoms with Crippen molar-refractivity contribution in [1.82, 2.24) is 9.97 Å². The number of nitrogens with zero attached hydrogens (tertiary/aromatic N) is 3. The van der Waals surface area contributed by atoms with Gasteiger partial charge in [0.15, 0.2) is 0 Å². The predicted molar refractivity (Wildman–Crippen MR) is 71.2 cm³/mol. The molecule has 2 rings (SSSR count). The lowest BCUT2D eigenvalue weighted by Crippen LogP contribution is -2.36. The van der Waals surface area contributed by atoms with Gasteiger partial charge in [0.1, 0.15) is 16.2 Å². The second kappa shape index (κ2) is 5.78. The van der Waals surface area contributed by atoms with Gasteiger partial charge < -0.3 is 10.0 Å². The molecule has 1 aliphatic carbocycles. The lowest BCUT2D eigenvalue weighted by atomic mass is 10.2. The highest BCUT2D eigenvalue weighted by atomic mass is 79.9. The maximum atomic E-state index is 9.20. The Morgan fingerprint density at radius 1 is 1.41 bits per heavy atom. The Labute approximate surface area is 110 Å². The Morgan fingerprint density at radius 3 is 2.71 bits per heavy atom. The highest BCUT2D eigenvalue weighted by Crippen LogP contribution is 2.27. The van der Waals surface area contributed by atoms with Gasteiger partial charge in [-0.1, -0.05) is 12.8 Å². The third-order valence-electron chi connectivity index (χ3n) is 3.19. The lowest BCUT2D eigenvalue weighted by molar-refractivity contribution is 0.296. The first-order valence-electron chi connectivity index (χ1n) is 6.09. The molecule has 1 fully saturated rings. The summed E-state index contributed by atoms with van der Waals surface area (Å²) < 4.78 is 0.806. The van der Waals surface area contributed by atoms with Crippen LogP contribution >= 0.6 is 15.9 Å². The van der Waals surface area contributed by atoms with E-state index in [1.165, 1.54) is 25.7 Å². The average Bonchev–Trinajstić information content (AvgIpc) is 2.77. The van der Waals surface area contributed by atoms with Crippen LogP contribution in [0.15, 0.2) is 10.7 Å². The second-order valence-corrected chi connectivity index (χ2v) is 5.26. The molecular weight excluding hydrogens is 282 g/mol. The van der Waals surface area contributed by atoms with Gasteiger partial charge in [0.05, 0.1) is 6.61 Å². The number of halogens is 1. The quantitative estimate of drug-likeness (QED) is 0.867. The van der Waals surface area contributed by atoms with Gasteiger partial charge in [-0.05, 0) is 35.7 Å². The van der Waals surface area contributed by atoms with Crippen molar-refractivity contribution in [2.24, 2.45) is 0 Å². The lowest BCUT2D eigenvalue weighted by Gasteiger charge is -2.29. The van der Waals surface area contributed by atoms with Gasteiger partial charge in [-0.15, -0.1) is 0 Å². The van der Waals surface area contributed by atoms with Crippen LogP contribution in [0, 0.1) is 6.92 Å². The molecule has 0 aromatic carbocycles. The largest absolute Gasteiger partial charge is 0.395 e. The zero-order chi connectivity index (χ0) is 12.3. The first-order valence-corrected chi connectivity index (χ1v) is 6.88. The fraction of sp³-hybridized carbons (Fsp3) is 0.667. The van der Waals surface area contributed by atoms with Crippen LogP contribution in [-0.2, 0) is 0 Å². The van der Waals surface area contributed by atoms with E-state index in [0.717, 1.165) is 16.2 Å². The Kier molecular flexibility index (Phi) is 4.34. The van der Waals surface area contributed by atoms with Crippen molar-refractivity contribution in [3.8, 4) is 0 Å². The number of aliphatic hydroxyl groups is 1. The minimum absolute atomic E-state index is 0.164. The summed E-state index contributed by atoms with van der Waals surface area (Å²) in [6, 6.07) is 2.45. The van der Waals surface area contributed by atoms with E-state index in [-0.39, 0.29) is 6.61 Å². The van der Waals surface area contributed by atoms with Gasteiger partial charge >= 0.3 is 0 Å². The molecule has 94 valence electrons. The molecule has 0 spiro atoms. The first-order chi connectivity index (χ1) is 8.20. The standard InChI is InChI=1S/C12H18BrN3O/c1-9-14-11(13)8-12(15-9)16(6-7-17)10-4-2-3-5-10/h8,10,17H,2-7H2,1H3. The minimum Gasteiger partial charge on any atom is -0.395 e. The van der Waals surface area contributed by atoms with Crippen LogP contribution in [-0.4, -0.2) is 34.3 Å². The van der Waals surface area contributed by atoms with Crippen molar-refractivity contribution in [1.29, 1.82) is 0 Å². The number of anilines is 1. The number of hydrogen-bond acceptors (Lipinski definition) is 4. The maximum absolute atomic E-state index is 9.20. The summed E-state index contributed by atoms with van der Waals surface area (Å²) in [5, 5.41) is 9.20. The van der Waals surface area contributed by atoms with Gasteiger partial charge in [-0.3, -0.25) is 0 Å². The maximum Gasteiger partial charge on any atom is 0.133 e. The third-order valence-corrected chi connectivity index (χ3v) is 3.60. The predicted octanol–water partition coefficient (Wildman–Crippen LogP) is 2.29. The molecule has 0 saturated heterocycles. The van der Waals surface area contributed by atoms with Crippen molar-refractivity contribution in [2.75, 3.05) is 18.1 Å². The summed E-state index contributed by atoms with van der Waals surface area (Å²) in [5.74, 6) is 1.68. The molecule has 0 radical (unpaired) electrons. The molecule has 1 aromatic heterocycles. The van der Waals surface area contributed by atoms with Gasteiger partial charge in [0.25, 0.3) is 0 Å². The van der Waals surface area contributed by atoms with Crippen molar-refractivity contribution in [3.05, 3.63) is 16.5 Å². The molecule has 5 heteroatoms. The molecule has 1 aliphatic rings. The van der Waals surface area contributed by atoms with Crippen molar-refractivity contribution in [3.63, 3.8) is 0 Å². The zero-order valence-electron chi connectivity index (χ0n) is 10.1. The molecule has 1 N–H and O–H groups in total. The summed E-state index contributed by atoms with van der Waals surface area (Å²) in [6.45, 7) is 2.70. The molecule has 17 heavy (non-hydrogen) atoms. The van der Waals surface area contributed by atoms with E-state index in [0.29, 0.717) is 12.6 Å². The molecule has 4 nitrogen and oxygen atoms in total.